The van der Waals surface area contributed by atoms with Crippen LogP contribution in [0, 0.1) is 6.92 Å². The molecule has 1 heterocycles. The van der Waals surface area contributed by atoms with Gasteiger partial charge in [-0.05, 0) is 19.4 Å². The summed E-state index contributed by atoms with van der Waals surface area (Å²) in [6.45, 7) is 4.07. The predicted molar refractivity (Wildman–Crippen MR) is 58.2 cm³/mol. The van der Waals surface area contributed by atoms with Crippen LogP contribution in [0.15, 0.2) is 28.7 Å². The molecule has 0 unspecified atom stereocenters. The zero-order valence-electron chi connectivity index (χ0n) is 8.58. The Morgan fingerprint density at radius 3 is 2.79 bits per heavy atom. The lowest BCUT2D eigenvalue weighted by atomic mass is 10.0. The van der Waals surface area contributed by atoms with Crippen LogP contribution in [0.3, 0.4) is 0 Å². The van der Waals surface area contributed by atoms with E-state index in [0.717, 1.165) is 28.7 Å². The molecule has 0 spiro atoms. The summed E-state index contributed by atoms with van der Waals surface area (Å²) in [5.74, 6) is 0.945. The fourth-order valence-electron chi connectivity index (χ4n) is 1.85. The molecule has 0 aliphatic heterocycles. The summed E-state index contributed by atoms with van der Waals surface area (Å²) in [5, 5.41) is 1.15. The Balaban J connectivity index is 2.67. The first kappa shape index (κ1) is 9.28. The fraction of sp³-hybridized carbons (Fsp3) is 0.333. The lowest BCUT2D eigenvalue weighted by molar-refractivity contribution is 0.559. The normalized spacial score (nSPS) is 13.4. The summed E-state index contributed by atoms with van der Waals surface area (Å²) in [6, 6.07) is 8.12. The average molecular weight is 189 g/mol. The zero-order valence-corrected chi connectivity index (χ0v) is 8.58. The van der Waals surface area contributed by atoms with Crippen molar-refractivity contribution in [1.29, 1.82) is 0 Å². The van der Waals surface area contributed by atoms with E-state index >= 15 is 0 Å². The van der Waals surface area contributed by atoms with Gasteiger partial charge in [-0.15, -0.1) is 0 Å². The summed E-state index contributed by atoms with van der Waals surface area (Å²) >= 11 is 0. The number of para-hydroxylation sites is 1. The van der Waals surface area contributed by atoms with Gasteiger partial charge in [0.25, 0.3) is 0 Å². The Labute approximate surface area is 83.7 Å². The maximum Gasteiger partial charge on any atom is 0.134 e. The van der Waals surface area contributed by atoms with Gasteiger partial charge in [0.1, 0.15) is 11.3 Å². The third kappa shape index (κ3) is 1.32. The number of rotatable bonds is 2. The van der Waals surface area contributed by atoms with Crippen molar-refractivity contribution in [2.45, 2.75) is 26.3 Å². The van der Waals surface area contributed by atoms with Crippen molar-refractivity contribution in [2.75, 3.05) is 0 Å². The van der Waals surface area contributed by atoms with E-state index in [-0.39, 0.29) is 6.04 Å². The minimum atomic E-state index is 0.0821. The van der Waals surface area contributed by atoms with Crippen molar-refractivity contribution in [3.8, 4) is 0 Å². The maximum atomic E-state index is 6.05. The van der Waals surface area contributed by atoms with Crippen molar-refractivity contribution < 1.29 is 4.42 Å². The molecule has 0 saturated carbocycles. The molecule has 0 amide bonds. The van der Waals surface area contributed by atoms with E-state index < -0.39 is 0 Å². The van der Waals surface area contributed by atoms with E-state index in [1.807, 2.05) is 25.1 Å². The van der Waals surface area contributed by atoms with Gasteiger partial charge in [-0.3, -0.25) is 0 Å². The van der Waals surface area contributed by atoms with Gasteiger partial charge in [-0.25, -0.2) is 0 Å². The molecule has 0 aliphatic carbocycles. The van der Waals surface area contributed by atoms with Gasteiger partial charge in [0, 0.05) is 17.0 Å². The van der Waals surface area contributed by atoms with Gasteiger partial charge >= 0.3 is 0 Å². The quantitative estimate of drug-likeness (QED) is 0.788. The molecule has 2 rings (SSSR count). The number of aryl methyl sites for hydroxylation is 1. The standard InChI is InChI=1S/C12H15NO/c1-3-10(13)12-8(2)14-11-7-5-4-6-9(11)12/h4-7,10H,3,13H2,1-2H3/t10-/m1/s1. The Kier molecular flexibility index (Phi) is 2.30. The van der Waals surface area contributed by atoms with Crippen LogP contribution < -0.4 is 5.73 Å². The van der Waals surface area contributed by atoms with Crippen molar-refractivity contribution in [3.05, 3.63) is 35.6 Å². The van der Waals surface area contributed by atoms with Crippen molar-refractivity contribution >= 4 is 11.0 Å². The second kappa shape index (κ2) is 3.46. The molecule has 2 N–H and O–H groups in total. The first-order valence-electron chi connectivity index (χ1n) is 4.97. The molecule has 0 bridgehead atoms. The van der Waals surface area contributed by atoms with Crippen molar-refractivity contribution in [2.24, 2.45) is 5.73 Å². The molecular formula is C12H15NO. The number of furan rings is 1. The highest BCUT2D eigenvalue weighted by atomic mass is 16.3. The van der Waals surface area contributed by atoms with Crippen LogP contribution in [0.2, 0.25) is 0 Å². The summed E-state index contributed by atoms with van der Waals surface area (Å²) in [6.07, 6.45) is 0.935. The van der Waals surface area contributed by atoms with E-state index in [1.54, 1.807) is 0 Å². The number of hydrogen-bond donors (Lipinski definition) is 1. The summed E-state index contributed by atoms with van der Waals surface area (Å²) in [5.41, 5.74) is 8.14. The summed E-state index contributed by atoms with van der Waals surface area (Å²) in [4.78, 5) is 0. The molecule has 0 aliphatic rings. The predicted octanol–water partition coefficient (Wildman–Crippen LogP) is 3.15. The van der Waals surface area contributed by atoms with E-state index in [4.69, 9.17) is 10.2 Å². The molecular weight excluding hydrogens is 174 g/mol. The highest BCUT2D eigenvalue weighted by Crippen LogP contribution is 2.30. The van der Waals surface area contributed by atoms with Gasteiger partial charge in [-0.1, -0.05) is 25.1 Å². The smallest absolute Gasteiger partial charge is 0.134 e. The van der Waals surface area contributed by atoms with Crippen LogP contribution >= 0.6 is 0 Å². The molecule has 0 radical (unpaired) electrons. The molecule has 14 heavy (non-hydrogen) atoms. The molecule has 2 aromatic rings. The minimum absolute atomic E-state index is 0.0821. The van der Waals surface area contributed by atoms with Crippen LogP contribution in [-0.2, 0) is 0 Å². The average Bonchev–Trinajstić information content (AvgIpc) is 2.53. The van der Waals surface area contributed by atoms with Gasteiger partial charge < -0.3 is 10.2 Å². The minimum Gasteiger partial charge on any atom is -0.461 e. The number of fused-ring (bicyclic) bond motifs is 1. The first-order valence-corrected chi connectivity index (χ1v) is 4.97. The summed E-state index contributed by atoms with van der Waals surface area (Å²) in [7, 11) is 0. The Hall–Kier alpha value is -1.28. The van der Waals surface area contributed by atoms with E-state index in [0.29, 0.717) is 0 Å². The van der Waals surface area contributed by atoms with Crippen molar-refractivity contribution in [1.82, 2.24) is 0 Å². The fourth-order valence-corrected chi connectivity index (χ4v) is 1.85. The van der Waals surface area contributed by atoms with Crippen LogP contribution in [0.25, 0.3) is 11.0 Å². The highest BCUT2D eigenvalue weighted by Gasteiger charge is 2.15. The Bertz CT molecular complexity index is 445. The molecule has 1 aromatic carbocycles. The van der Waals surface area contributed by atoms with Gasteiger partial charge in [0.2, 0.25) is 0 Å². The van der Waals surface area contributed by atoms with E-state index in [9.17, 15) is 0 Å². The van der Waals surface area contributed by atoms with Gasteiger partial charge in [0.05, 0.1) is 0 Å². The van der Waals surface area contributed by atoms with E-state index in [1.165, 1.54) is 0 Å². The molecule has 1 atom stereocenters. The van der Waals surface area contributed by atoms with Gasteiger partial charge in [0.15, 0.2) is 0 Å². The van der Waals surface area contributed by atoms with Gasteiger partial charge in [-0.2, -0.15) is 0 Å². The number of nitrogens with two attached hydrogens (primary N) is 1. The van der Waals surface area contributed by atoms with Crippen LogP contribution in [0.1, 0.15) is 30.7 Å². The second-order valence-electron chi connectivity index (χ2n) is 3.58. The topological polar surface area (TPSA) is 39.2 Å². The first-order chi connectivity index (χ1) is 6.74. The van der Waals surface area contributed by atoms with Crippen LogP contribution in [-0.4, -0.2) is 0 Å². The number of benzene rings is 1. The maximum absolute atomic E-state index is 6.05. The lowest BCUT2D eigenvalue weighted by Crippen LogP contribution is -2.08. The molecule has 2 nitrogen and oxygen atoms in total. The third-order valence-corrected chi connectivity index (χ3v) is 2.63. The monoisotopic (exact) mass is 189 g/mol. The SMILES string of the molecule is CC[C@@H](N)c1c(C)oc2ccccc12. The molecule has 74 valence electrons. The lowest BCUT2D eigenvalue weighted by Gasteiger charge is -2.07. The molecule has 2 heteroatoms. The van der Waals surface area contributed by atoms with Crippen LogP contribution in [0.5, 0.6) is 0 Å². The molecule has 0 saturated heterocycles. The Morgan fingerprint density at radius 2 is 2.07 bits per heavy atom. The van der Waals surface area contributed by atoms with E-state index in [2.05, 4.69) is 13.0 Å². The molecule has 1 aromatic heterocycles. The third-order valence-electron chi connectivity index (χ3n) is 2.63. The van der Waals surface area contributed by atoms with Crippen molar-refractivity contribution in [3.63, 3.8) is 0 Å². The Morgan fingerprint density at radius 1 is 1.36 bits per heavy atom. The number of hydrogen-bond acceptors (Lipinski definition) is 2. The highest BCUT2D eigenvalue weighted by molar-refractivity contribution is 5.82. The largest absolute Gasteiger partial charge is 0.461 e. The van der Waals surface area contributed by atoms with Crippen LogP contribution in [0.4, 0.5) is 0 Å². The molecule has 0 fully saturated rings. The zero-order chi connectivity index (χ0) is 10.1. The summed E-state index contributed by atoms with van der Waals surface area (Å²) < 4.78 is 5.64. The second-order valence-corrected chi connectivity index (χ2v) is 3.58.